The third-order valence-corrected chi connectivity index (χ3v) is 6.30. The maximum atomic E-state index is 12.2. The number of amides is 1. The molecule has 4 aromatic rings. The molecule has 0 aliphatic heterocycles. The lowest BCUT2D eigenvalue weighted by Gasteiger charge is -2.10. The number of benzene rings is 3. The smallest absolute Gasteiger partial charge is 0.224 e. The first-order chi connectivity index (χ1) is 16.2. The van der Waals surface area contributed by atoms with E-state index < -0.39 is 0 Å². The van der Waals surface area contributed by atoms with Crippen LogP contribution in [0.5, 0.6) is 0 Å². The van der Waals surface area contributed by atoms with E-state index in [4.69, 9.17) is 0 Å². The Hall–Kier alpha value is -3.38. The minimum atomic E-state index is 0.0569. The number of thioether (sulfide) groups is 1. The van der Waals surface area contributed by atoms with Gasteiger partial charge in [-0.3, -0.25) is 9.36 Å². The summed E-state index contributed by atoms with van der Waals surface area (Å²) < 4.78 is 2.14. The first-order valence-corrected chi connectivity index (χ1v) is 12.2. The number of unbranched alkanes of at least 4 members (excludes halogenated alkanes) is 1. The number of aryl methyl sites for hydroxylation is 1. The van der Waals surface area contributed by atoms with Crippen molar-refractivity contribution in [3.63, 3.8) is 0 Å². The minimum Gasteiger partial charge on any atom is -0.326 e. The number of hydrogen-bond donors (Lipinski definition) is 1. The first-order valence-electron chi connectivity index (χ1n) is 11.2. The van der Waals surface area contributed by atoms with Gasteiger partial charge in [0.05, 0.1) is 0 Å². The second-order valence-electron chi connectivity index (χ2n) is 7.95. The van der Waals surface area contributed by atoms with Crippen LogP contribution < -0.4 is 5.32 Å². The van der Waals surface area contributed by atoms with Crippen LogP contribution in [-0.2, 0) is 11.2 Å². The van der Waals surface area contributed by atoms with Gasteiger partial charge in [0.2, 0.25) is 5.91 Å². The first kappa shape index (κ1) is 22.8. The molecule has 0 radical (unpaired) electrons. The molecule has 1 heterocycles. The summed E-state index contributed by atoms with van der Waals surface area (Å²) in [6, 6.07) is 28.4. The van der Waals surface area contributed by atoms with Gasteiger partial charge in [-0.25, -0.2) is 0 Å². The third-order valence-electron chi connectivity index (χ3n) is 5.28. The van der Waals surface area contributed by atoms with E-state index in [1.165, 1.54) is 11.1 Å². The number of para-hydroxylation sites is 1. The average Bonchev–Trinajstić information content (AvgIpc) is 3.23. The number of hydrogen-bond acceptors (Lipinski definition) is 4. The maximum absolute atomic E-state index is 12.2. The molecule has 1 amide bonds. The van der Waals surface area contributed by atoms with Crippen molar-refractivity contribution in [2.45, 2.75) is 37.8 Å². The van der Waals surface area contributed by atoms with Crippen molar-refractivity contribution >= 4 is 23.4 Å². The summed E-state index contributed by atoms with van der Waals surface area (Å²) in [7, 11) is 0. The number of nitrogens with zero attached hydrogens (tertiary/aromatic N) is 3. The summed E-state index contributed by atoms with van der Waals surface area (Å²) in [6.07, 6.45) is 3.00. The van der Waals surface area contributed by atoms with Gasteiger partial charge in [0, 0.05) is 30.0 Å². The van der Waals surface area contributed by atoms with Crippen molar-refractivity contribution in [3.8, 4) is 5.69 Å². The van der Waals surface area contributed by atoms with Gasteiger partial charge in [0.15, 0.2) is 5.16 Å². The lowest BCUT2D eigenvalue weighted by atomic mass is 10.1. The number of rotatable bonds is 10. The average molecular weight is 457 g/mol. The van der Waals surface area contributed by atoms with E-state index in [2.05, 4.69) is 44.3 Å². The van der Waals surface area contributed by atoms with Crippen molar-refractivity contribution in [1.29, 1.82) is 0 Å². The molecule has 1 N–H and O–H groups in total. The van der Waals surface area contributed by atoms with Crippen molar-refractivity contribution < 1.29 is 4.79 Å². The molecule has 0 atom stereocenters. The molecule has 3 aromatic carbocycles. The molecule has 0 fully saturated rings. The van der Waals surface area contributed by atoms with Gasteiger partial charge in [-0.2, -0.15) is 0 Å². The van der Waals surface area contributed by atoms with Crippen LogP contribution in [0.1, 0.15) is 36.2 Å². The van der Waals surface area contributed by atoms with Crippen molar-refractivity contribution in [2.75, 3.05) is 11.1 Å². The molecule has 0 spiro atoms. The predicted molar refractivity (Wildman–Crippen MR) is 135 cm³/mol. The van der Waals surface area contributed by atoms with Crippen LogP contribution in [-0.4, -0.2) is 26.4 Å². The van der Waals surface area contributed by atoms with E-state index in [1.54, 1.807) is 11.8 Å². The van der Waals surface area contributed by atoms with E-state index in [9.17, 15) is 4.79 Å². The fourth-order valence-electron chi connectivity index (χ4n) is 3.53. The zero-order chi connectivity index (χ0) is 22.9. The summed E-state index contributed by atoms with van der Waals surface area (Å²) in [4.78, 5) is 12.2. The summed E-state index contributed by atoms with van der Waals surface area (Å²) in [5.41, 5.74) is 4.30. The Morgan fingerprint density at radius 3 is 2.30 bits per heavy atom. The van der Waals surface area contributed by atoms with Gasteiger partial charge >= 0.3 is 0 Å². The van der Waals surface area contributed by atoms with Crippen LogP contribution in [0.2, 0.25) is 0 Å². The highest BCUT2D eigenvalue weighted by Crippen LogP contribution is 2.24. The fourth-order valence-corrected chi connectivity index (χ4v) is 4.50. The van der Waals surface area contributed by atoms with Crippen LogP contribution in [0, 0.1) is 6.92 Å². The molecular formula is C27H28N4OS. The van der Waals surface area contributed by atoms with E-state index in [0.29, 0.717) is 6.42 Å². The standard InChI is InChI=1S/C27H28N4OS/c1-21-15-17-23(18-16-21)28-26(32)14-8-9-19-33-27-30-29-25(20-22-10-4-2-5-11-22)31(27)24-12-6-3-7-13-24/h2-7,10-13,15-18H,8-9,14,19-20H2,1H3,(H,28,32). The summed E-state index contributed by atoms with van der Waals surface area (Å²) in [6.45, 7) is 2.03. The Labute approximate surface area is 199 Å². The van der Waals surface area contributed by atoms with Gasteiger partial charge in [-0.1, -0.05) is 78.0 Å². The lowest BCUT2D eigenvalue weighted by Crippen LogP contribution is -2.11. The Balaban J connectivity index is 1.33. The summed E-state index contributed by atoms with van der Waals surface area (Å²) in [5, 5.41) is 12.8. The molecule has 0 saturated heterocycles. The maximum Gasteiger partial charge on any atom is 0.224 e. The van der Waals surface area contributed by atoms with Gasteiger partial charge in [-0.05, 0) is 49.6 Å². The van der Waals surface area contributed by atoms with E-state index in [1.807, 2.05) is 67.6 Å². The quantitative estimate of drug-likeness (QED) is 0.232. The Kier molecular flexibility index (Phi) is 7.93. The highest BCUT2D eigenvalue weighted by atomic mass is 32.2. The molecule has 4 rings (SSSR count). The topological polar surface area (TPSA) is 59.8 Å². The monoisotopic (exact) mass is 456 g/mol. The normalized spacial score (nSPS) is 10.8. The number of aromatic nitrogens is 3. The van der Waals surface area contributed by atoms with Gasteiger partial charge in [0.1, 0.15) is 5.82 Å². The van der Waals surface area contributed by atoms with Crippen LogP contribution in [0.25, 0.3) is 5.69 Å². The van der Waals surface area contributed by atoms with Crippen LogP contribution >= 0.6 is 11.8 Å². The molecule has 0 saturated carbocycles. The van der Waals surface area contributed by atoms with Gasteiger partial charge in [0.25, 0.3) is 0 Å². The van der Waals surface area contributed by atoms with Crippen LogP contribution in [0.4, 0.5) is 5.69 Å². The van der Waals surface area contributed by atoms with Crippen LogP contribution in [0.15, 0.2) is 90.1 Å². The summed E-state index contributed by atoms with van der Waals surface area (Å²) >= 11 is 1.69. The van der Waals surface area contributed by atoms with Crippen molar-refractivity contribution in [1.82, 2.24) is 14.8 Å². The highest BCUT2D eigenvalue weighted by Gasteiger charge is 2.15. The summed E-state index contributed by atoms with van der Waals surface area (Å²) in [5.74, 6) is 1.86. The van der Waals surface area contributed by atoms with Gasteiger partial charge in [-0.15, -0.1) is 10.2 Å². The molecule has 33 heavy (non-hydrogen) atoms. The third kappa shape index (κ3) is 6.56. The second kappa shape index (κ2) is 11.5. The van der Waals surface area contributed by atoms with Crippen LogP contribution in [0.3, 0.4) is 0 Å². The molecule has 0 aliphatic carbocycles. The Morgan fingerprint density at radius 2 is 1.58 bits per heavy atom. The molecule has 168 valence electrons. The molecule has 1 aromatic heterocycles. The highest BCUT2D eigenvalue weighted by molar-refractivity contribution is 7.99. The lowest BCUT2D eigenvalue weighted by molar-refractivity contribution is -0.116. The van der Waals surface area contributed by atoms with E-state index in [0.717, 1.165) is 47.4 Å². The largest absolute Gasteiger partial charge is 0.326 e. The number of carbonyl (C=O) groups excluding carboxylic acids is 1. The molecule has 6 heteroatoms. The Bertz CT molecular complexity index is 1160. The molecule has 5 nitrogen and oxygen atoms in total. The Morgan fingerprint density at radius 1 is 0.879 bits per heavy atom. The van der Waals surface area contributed by atoms with Crippen molar-refractivity contribution in [3.05, 3.63) is 102 Å². The number of anilines is 1. The molecular weight excluding hydrogens is 428 g/mol. The SMILES string of the molecule is Cc1ccc(NC(=O)CCCCSc2nnc(Cc3ccccc3)n2-c2ccccc2)cc1. The zero-order valence-corrected chi connectivity index (χ0v) is 19.6. The fraction of sp³-hybridized carbons (Fsp3) is 0.222. The number of nitrogens with one attached hydrogen (secondary N) is 1. The molecule has 0 bridgehead atoms. The zero-order valence-electron chi connectivity index (χ0n) is 18.8. The predicted octanol–water partition coefficient (Wildman–Crippen LogP) is 6.07. The minimum absolute atomic E-state index is 0.0569. The molecule has 0 unspecified atom stereocenters. The van der Waals surface area contributed by atoms with Gasteiger partial charge < -0.3 is 5.32 Å². The van der Waals surface area contributed by atoms with E-state index >= 15 is 0 Å². The number of carbonyl (C=O) groups is 1. The second-order valence-corrected chi connectivity index (χ2v) is 9.01. The van der Waals surface area contributed by atoms with E-state index in [-0.39, 0.29) is 5.91 Å². The van der Waals surface area contributed by atoms with Crippen molar-refractivity contribution in [2.24, 2.45) is 0 Å². The molecule has 0 aliphatic rings.